The molecule has 3 rings (SSSR count). The van der Waals surface area contributed by atoms with Gasteiger partial charge in [0.05, 0.1) is 0 Å². The molecular weight excluding hydrogens is 300 g/mol. The van der Waals surface area contributed by atoms with Crippen LogP contribution < -0.4 is 5.32 Å². The Morgan fingerprint density at radius 3 is 2.59 bits per heavy atom. The summed E-state index contributed by atoms with van der Waals surface area (Å²) >= 11 is 5.85. The number of rotatable bonds is 5. The Balaban J connectivity index is 1.59. The Morgan fingerprint density at radius 2 is 2.05 bits per heavy atom. The molecule has 2 fully saturated rings. The van der Waals surface area contributed by atoms with Gasteiger partial charge in [-0.15, -0.1) is 0 Å². The van der Waals surface area contributed by atoms with Crippen molar-refractivity contribution in [2.24, 2.45) is 22.9 Å². The lowest BCUT2D eigenvalue weighted by molar-refractivity contribution is 0.0927. The largest absolute Gasteiger partial charge is 0.349 e. The molecule has 0 saturated heterocycles. The molecule has 1 aromatic carbocycles. The number of azide groups is 1. The van der Waals surface area contributed by atoms with E-state index in [0.717, 1.165) is 19.3 Å². The maximum Gasteiger partial charge on any atom is 0.251 e. The first-order valence-electron chi connectivity index (χ1n) is 7.74. The van der Waals surface area contributed by atoms with Crippen LogP contribution in [0, 0.1) is 17.8 Å². The summed E-state index contributed by atoms with van der Waals surface area (Å²) in [6.45, 7) is 2.10. The molecule has 1 aromatic rings. The Hall–Kier alpha value is -1.71. The van der Waals surface area contributed by atoms with Crippen molar-refractivity contribution in [3.63, 3.8) is 0 Å². The number of benzene rings is 1. The van der Waals surface area contributed by atoms with E-state index < -0.39 is 0 Å². The normalized spacial score (nSPS) is 30.1. The molecule has 0 spiro atoms. The highest BCUT2D eigenvalue weighted by molar-refractivity contribution is 6.30. The van der Waals surface area contributed by atoms with E-state index in [2.05, 4.69) is 22.3 Å². The second kappa shape index (κ2) is 6.19. The van der Waals surface area contributed by atoms with E-state index >= 15 is 0 Å². The van der Waals surface area contributed by atoms with Crippen LogP contribution in [-0.2, 0) is 0 Å². The van der Waals surface area contributed by atoms with Gasteiger partial charge in [0.15, 0.2) is 0 Å². The topological polar surface area (TPSA) is 77.9 Å². The van der Waals surface area contributed by atoms with Crippen LogP contribution >= 0.6 is 11.6 Å². The van der Waals surface area contributed by atoms with E-state index in [1.165, 1.54) is 0 Å². The molecule has 2 aliphatic rings. The highest BCUT2D eigenvalue weighted by atomic mass is 35.5. The molecule has 1 N–H and O–H groups in total. The van der Waals surface area contributed by atoms with E-state index in [0.29, 0.717) is 28.3 Å². The van der Waals surface area contributed by atoms with Crippen LogP contribution in [0.3, 0.4) is 0 Å². The molecule has 0 heterocycles. The number of hydrogen-bond acceptors (Lipinski definition) is 2. The fraction of sp³-hybridized carbons (Fsp3) is 0.562. The summed E-state index contributed by atoms with van der Waals surface area (Å²) in [5, 5.41) is 7.60. The molecule has 0 aliphatic heterocycles. The van der Waals surface area contributed by atoms with Crippen molar-refractivity contribution in [3.8, 4) is 0 Å². The van der Waals surface area contributed by atoms with Crippen LogP contribution in [0.15, 0.2) is 29.4 Å². The molecule has 2 aliphatic carbocycles. The number of amides is 1. The zero-order valence-electron chi connectivity index (χ0n) is 12.4. The van der Waals surface area contributed by atoms with Gasteiger partial charge in [-0.3, -0.25) is 4.79 Å². The fourth-order valence-electron chi connectivity index (χ4n) is 3.95. The summed E-state index contributed by atoms with van der Waals surface area (Å²) in [6.07, 6.45) is 2.85. The summed E-state index contributed by atoms with van der Waals surface area (Å²) in [5.41, 5.74) is 9.14. The standard InChI is InChI=1S/C16H19ClN4O/c1-2-14(15-12-7-11(20-21-18)8-13(12)15)19-16(22)9-3-5-10(17)6-4-9/h3-6,11-15H,2,7-8H2,1H3,(H,19,22)/t11?,12-,13+,14?,15?. The van der Waals surface area contributed by atoms with E-state index in [4.69, 9.17) is 17.1 Å². The second-order valence-electron chi connectivity index (χ2n) is 6.23. The van der Waals surface area contributed by atoms with Crippen LogP contribution in [-0.4, -0.2) is 18.0 Å². The average molecular weight is 319 g/mol. The first kappa shape index (κ1) is 15.2. The number of hydrogen-bond donors (Lipinski definition) is 1. The van der Waals surface area contributed by atoms with Gasteiger partial charge in [0.25, 0.3) is 5.91 Å². The number of carbonyl (C=O) groups excluding carboxylic acids is 1. The molecule has 116 valence electrons. The minimum atomic E-state index is -0.0416. The third kappa shape index (κ3) is 2.92. The minimum Gasteiger partial charge on any atom is -0.349 e. The molecule has 5 atom stereocenters. The van der Waals surface area contributed by atoms with E-state index in [1.54, 1.807) is 24.3 Å². The molecule has 0 aromatic heterocycles. The minimum absolute atomic E-state index is 0.0416. The van der Waals surface area contributed by atoms with Crippen molar-refractivity contribution in [3.05, 3.63) is 45.3 Å². The maximum atomic E-state index is 12.3. The van der Waals surface area contributed by atoms with Crippen molar-refractivity contribution >= 4 is 17.5 Å². The number of fused-ring (bicyclic) bond motifs is 1. The van der Waals surface area contributed by atoms with Gasteiger partial charge >= 0.3 is 0 Å². The predicted molar refractivity (Wildman–Crippen MR) is 85.6 cm³/mol. The van der Waals surface area contributed by atoms with Crippen LogP contribution in [0.25, 0.3) is 10.4 Å². The lowest BCUT2D eigenvalue weighted by Gasteiger charge is -2.20. The fourth-order valence-corrected chi connectivity index (χ4v) is 4.08. The maximum absolute atomic E-state index is 12.3. The molecular formula is C16H19ClN4O. The van der Waals surface area contributed by atoms with E-state index in [9.17, 15) is 4.79 Å². The number of nitrogens with zero attached hydrogens (tertiary/aromatic N) is 3. The van der Waals surface area contributed by atoms with Gasteiger partial charge in [0.1, 0.15) is 0 Å². The predicted octanol–water partition coefficient (Wildman–Crippen LogP) is 4.18. The number of nitrogens with one attached hydrogen (secondary N) is 1. The zero-order chi connectivity index (χ0) is 15.7. The average Bonchev–Trinajstić information content (AvgIpc) is 3.00. The highest BCUT2D eigenvalue weighted by Crippen LogP contribution is 2.60. The summed E-state index contributed by atoms with van der Waals surface area (Å²) in [4.78, 5) is 15.2. The lowest BCUT2D eigenvalue weighted by atomic mass is 9.99. The molecule has 2 saturated carbocycles. The Labute approximate surface area is 134 Å². The first-order chi connectivity index (χ1) is 10.6. The van der Waals surface area contributed by atoms with Gasteiger partial charge in [0.2, 0.25) is 0 Å². The van der Waals surface area contributed by atoms with Gasteiger partial charge < -0.3 is 5.32 Å². The van der Waals surface area contributed by atoms with Gasteiger partial charge in [-0.05, 0) is 66.8 Å². The Bertz CT molecular complexity index is 599. The van der Waals surface area contributed by atoms with Gasteiger partial charge in [0, 0.05) is 27.6 Å². The van der Waals surface area contributed by atoms with Gasteiger partial charge in [-0.2, -0.15) is 0 Å². The van der Waals surface area contributed by atoms with Gasteiger partial charge in [-0.1, -0.05) is 23.6 Å². The molecule has 3 unspecified atom stereocenters. The quantitative estimate of drug-likeness (QED) is 0.493. The molecule has 0 bridgehead atoms. The summed E-state index contributed by atoms with van der Waals surface area (Å²) in [7, 11) is 0. The van der Waals surface area contributed by atoms with Crippen LogP contribution in [0.1, 0.15) is 36.5 Å². The summed E-state index contributed by atoms with van der Waals surface area (Å²) < 4.78 is 0. The van der Waals surface area contributed by atoms with Crippen LogP contribution in [0.2, 0.25) is 5.02 Å². The van der Waals surface area contributed by atoms with Gasteiger partial charge in [-0.25, -0.2) is 0 Å². The monoisotopic (exact) mass is 318 g/mol. The first-order valence-corrected chi connectivity index (χ1v) is 8.12. The van der Waals surface area contributed by atoms with Crippen molar-refractivity contribution in [2.75, 3.05) is 0 Å². The van der Waals surface area contributed by atoms with Crippen molar-refractivity contribution < 1.29 is 4.79 Å². The number of halogens is 1. The van der Waals surface area contributed by atoms with Crippen molar-refractivity contribution in [2.45, 2.75) is 38.3 Å². The molecule has 1 amide bonds. The van der Waals surface area contributed by atoms with Crippen LogP contribution in [0.5, 0.6) is 0 Å². The molecule has 5 nitrogen and oxygen atoms in total. The summed E-state index contributed by atoms with van der Waals surface area (Å²) in [5.74, 6) is 1.70. The van der Waals surface area contributed by atoms with Crippen LogP contribution in [0.4, 0.5) is 0 Å². The van der Waals surface area contributed by atoms with E-state index in [-0.39, 0.29) is 18.0 Å². The Morgan fingerprint density at radius 1 is 1.41 bits per heavy atom. The summed E-state index contributed by atoms with van der Waals surface area (Å²) in [6, 6.07) is 7.30. The molecule has 22 heavy (non-hydrogen) atoms. The third-order valence-electron chi connectivity index (χ3n) is 5.03. The second-order valence-corrected chi connectivity index (χ2v) is 6.67. The Kier molecular flexibility index (Phi) is 4.27. The lowest BCUT2D eigenvalue weighted by Crippen LogP contribution is -2.37. The SMILES string of the molecule is CCC(NC(=O)c1ccc(Cl)cc1)C1[C@H]2CC(N=[N+]=[N-])C[C@@H]12. The van der Waals surface area contributed by atoms with Crippen molar-refractivity contribution in [1.29, 1.82) is 0 Å². The third-order valence-corrected chi connectivity index (χ3v) is 5.28. The zero-order valence-corrected chi connectivity index (χ0v) is 13.2. The molecule has 0 radical (unpaired) electrons. The smallest absolute Gasteiger partial charge is 0.251 e. The number of carbonyl (C=O) groups is 1. The van der Waals surface area contributed by atoms with Crippen molar-refractivity contribution in [1.82, 2.24) is 5.32 Å². The molecule has 6 heteroatoms. The van der Waals surface area contributed by atoms with E-state index in [1.807, 2.05) is 0 Å². The highest BCUT2D eigenvalue weighted by Gasteiger charge is 2.58.